The summed E-state index contributed by atoms with van der Waals surface area (Å²) in [6, 6.07) is 13.3. The number of anilines is 2. The fourth-order valence-electron chi connectivity index (χ4n) is 3.17. The Balaban J connectivity index is 1.49. The van der Waals surface area contributed by atoms with Gasteiger partial charge in [-0.05, 0) is 36.4 Å². The van der Waals surface area contributed by atoms with Crippen LogP contribution in [-0.4, -0.2) is 41.8 Å². The smallest absolute Gasteiger partial charge is 0.245 e. The van der Waals surface area contributed by atoms with E-state index in [2.05, 4.69) is 30.4 Å². The van der Waals surface area contributed by atoms with E-state index in [1.165, 1.54) is 0 Å². The predicted molar refractivity (Wildman–Crippen MR) is 108 cm³/mol. The van der Waals surface area contributed by atoms with Crippen LogP contribution in [0.2, 0.25) is 0 Å². The number of aliphatic hydroxyl groups excluding tert-OH is 1. The zero-order valence-electron chi connectivity index (χ0n) is 15.5. The number of rotatable bonds is 5. The zero-order valence-corrected chi connectivity index (χ0v) is 15.5. The van der Waals surface area contributed by atoms with E-state index >= 15 is 0 Å². The van der Waals surface area contributed by atoms with E-state index in [0.717, 1.165) is 33.5 Å². The van der Waals surface area contributed by atoms with Crippen molar-refractivity contribution in [3.05, 3.63) is 60.7 Å². The van der Waals surface area contributed by atoms with Crippen molar-refractivity contribution < 1.29 is 9.84 Å². The lowest BCUT2D eigenvalue weighted by Gasteiger charge is -2.07. The molecule has 0 atom stereocenters. The number of methoxy groups -OCH3 is 1. The third-order valence-electron chi connectivity index (χ3n) is 4.58. The number of benzene rings is 1. The van der Waals surface area contributed by atoms with E-state index in [4.69, 9.17) is 4.74 Å². The number of H-pyrrole nitrogens is 1. The van der Waals surface area contributed by atoms with E-state index in [1.807, 2.05) is 47.0 Å². The highest BCUT2D eigenvalue weighted by Gasteiger charge is 2.09. The average molecular weight is 387 g/mol. The standard InChI is InChI=1S/C20H17N7O2/c1-29-19-7-2-12(9-21-19)17-6-4-14-10-22-20(26-27(14)17)23-13-3-5-15-16(8-13)25-18(11-28)24-15/h2-10,28H,11H2,1H3,(H,23,26)(H,24,25). The highest BCUT2D eigenvalue weighted by molar-refractivity contribution is 5.80. The first-order valence-corrected chi connectivity index (χ1v) is 8.95. The number of hydrogen-bond acceptors (Lipinski definition) is 7. The average Bonchev–Trinajstić information content (AvgIpc) is 3.37. The molecule has 5 rings (SSSR count). The summed E-state index contributed by atoms with van der Waals surface area (Å²) in [6.07, 6.45) is 3.51. The first-order chi connectivity index (χ1) is 14.2. The van der Waals surface area contributed by atoms with Crippen LogP contribution in [0.15, 0.2) is 54.9 Å². The van der Waals surface area contributed by atoms with Gasteiger partial charge in [-0.3, -0.25) is 0 Å². The third-order valence-corrected chi connectivity index (χ3v) is 4.58. The summed E-state index contributed by atoms with van der Waals surface area (Å²) < 4.78 is 6.94. The van der Waals surface area contributed by atoms with Gasteiger partial charge in [0.05, 0.1) is 35.6 Å². The molecule has 0 spiro atoms. The molecule has 0 radical (unpaired) electrons. The van der Waals surface area contributed by atoms with Crippen molar-refractivity contribution >= 4 is 28.2 Å². The second kappa shape index (κ2) is 6.88. The normalized spacial score (nSPS) is 11.2. The molecule has 0 fully saturated rings. The molecule has 9 nitrogen and oxygen atoms in total. The molecule has 0 amide bonds. The number of ether oxygens (including phenoxy) is 1. The molecule has 0 unspecified atom stereocenters. The summed E-state index contributed by atoms with van der Waals surface area (Å²) in [5, 5.41) is 17.1. The van der Waals surface area contributed by atoms with Gasteiger partial charge in [-0.1, -0.05) is 0 Å². The topological polar surface area (TPSA) is 113 Å². The van der Waals surface area contributed by atoms with Crippen molar-refractivity contribution in [1.29, 1.82) is 0 Å². The second-order valence-electron chi connectivity index (χ2n) is 6.42. The van der Waals surface area contributed by atoms with Gasteiger partial charge in [-0.25, -0.2) is 19.5 Å². The first-order valence-electron chi connectivity index (χ1n) is 8.95. The number of pyridine rings is 1. The molecule has 0 aliphatic carbocycles. The lowest BCUT2D eigenvalue weighted by Crippen LogP contribution is -2.02. The summed E-state index contributed by atoms with van der Waals surface area (Å²) in [5.41, 5.74) is 5.12. The minimum atomic E-state index is -0.131. The molecule has 144 valence electrons. The molecular weight excluding hydrogens is 370 g/mol. The number of fused-ring (bicyclic) bond motifs is 2. The van der Waals surface area contributed by atoms with Crippen molar-refractivity contribution in [3.8, 4) is 17.1 Å². The molecule has 4 heterocycles. The van der Waals surface area contributed by atoms with Gasteiger partial charge in [0.2, 0.25) is 11.8 Å². The SMILES string of the molecule is COc1ccc(-c2ccc3cnc(Nc4ccc5nc(CO)[nH]c5c4)nn23)cn1. The Kier molecular flexibility index (Phi) is 4.07. The molecule has 9 heteroatoms. The number of aromatic amines is 1. The van der Waals surface area contributed by atoms with Gasteiger partial charge < -0.3 is 20.1 Å². The Bertz CT molecular complexity index is 1310. The van der Waals surface area contributed by atoms with E-state index in [-0.39, 0.29) is 6.61 Å². The molecule has 29 heavy (non-hydrogen) atoms. The van der Waals surface area contributed by atoms with Crippen LogP contribution in [0.4, 0.5) is 11.6 Å². The van der Waals surface area contributed by atoms with Crippen molar-refractivity contribution in [3.63, 3.8) is 0 Å². The van der Waals surface area contributed by atoms with Gasteiger partial charge in [0.25, 0.3) is 0 Å². The highest BCUT2D eigenvalue weighted by Crippen LogP contribution is 2.24. The molecule has 1 aromatic carbocycles. The first kappa shape index (κ1) is 17.1. The van der Waals surface area contributed by atoms with Crippen LogP contribution in [0.1, 0.15) is 5.82 Å². The number of nitrogens with one attached hydrogen (secondary N) is 2. The second-order valence-corrected chi connectivity index (χ2v) is 6.42. The number of hydrogen-bond donors (Lipinski definition) is 3. The van der Waals surface area contributed by atoms with Crippen molar-refractivity contribution in [2.45, 2.75) is 6.61 Å². The third kappa shape index (κ3) is 3.13. The molecule has 0 aliphatic heterocycles. The summed E-state index contributed by atoms with van der Waals surface area (Å²) in [4.78, 5) is 16.0. The van der Waals surface area contributed by atoms with Gasteiger partial charge in [0.1, 0.15) is 12.4 Å². The molecule has 0 aliphatic rings. The largest absolute Gasteiger partial charge is 0.481 e. The van der Waals surface area contributed by atoms with Crippen molar-refractivity contribution in [2.24, 2.45) is 0 Å². The Morgan fingerprint density at radius 1 is 1.10 bits per heavy atom. The number of nitrogens with zero attached hydrogens (tertiary/aromatic N) is 5. The zero-order chi connectivity index (χ0) is 19.8. The molecule has 3 N–H and O–H groups in total. The van der Waals surface area contributed by atoms with Crippen LogP contribution in [0.25, 0.3) is 27.8 Å². The van der Waals surface area contributed by atoms with Gasteiger partial charge in [-0.2, -0.15) is 0 Å². The monoisotopic (exact) mass is 387 g/mol. The molecule has 0 saturated heterocycles. The van der Waals surface area contributed by atoms with Crippen LogP contribution in [0, 0.1) is 0 Å². The van der Waals surface area contributed by atoms with E-state index in [1.54, 1.807) is 19.5 Å². The van der Waals surface area contributed by atoms with Gasteiger partial charge in [0, 0.05) is 23.5 Å². The summed E-state index contributed by atoms with van der Waals surface area (Å²) in [7, 11) is 1.59. The predicted octanol–water partition coefficient (Wildman–Crippen LogP) is 2.91. The molecule has 0 saturated carbocycles. The Morgan fingerprint density at radius 2 is 2.03 bits per heavy atom. The van der Waals surface area contributed by atoms with Crippen LogP contribution in [0.3, 0.4) is 0 Å². The number of imidazole rings is 1. The fraction of sp³-hybridized carbons (Fsp3) is 0.100. The Morgan fingerprint density at radius 3 is 2.83 bits per heavy atom. The lowest BCUT2D eigenvalue weighted by atomic mass is 10.2. The summed E-state index contributed by atoms with van der Waals surface area (Å²) >= 11 is 0. The molecular formula is C20H17N7O2. The molecule has 5 aromatic rings. The summed E-state index contributed by atoms with van der Waals surface area (Å²) in [5.74, 6) is 1.54. The number of aromatic nitrogens is 6. The van der Waals surface area contributed by atoms with Gasteiger partial charge >= 0.3 is 0 Å². The van der Waals surface area contributed by atoms with Crippen molar-refractivity contribution in [1.82, 2.24) is 29.5 Å². The lowest BCUT2D eigenvalue weighted by molar-refractivity contribution is 0.273. The maximum absolute atomic E-state index is 9.23. The maximum Gasteiger partial charge on any atom is 0.245 e. The quantitative estimate of drug-likeness (QED) is 0.425. The van der Waals surface area contributed by atoms with E-state index in [0.29, 0.717) is 17.7 Å². The van der Waals surface area contributed by atoms with Crippen molar-refractivity contribution in [2.75, 3.05) is 12.4 Å². The van der Waals surface area contributed by atoms with Crippen LogP contribution in [0.5, 0.6) is 5.88 Å². The minimum Gasteiger partial charge on any atom is -0.481 e. The fourth-order valence-corrected chi connectivity index (χ4v) is 3.17. The Hall–Kier alpha value is -3.98. The van der Waals surface area contributed by atoms with Crippen LogP contribution >= 0.6 is 0 Å². The summed E-state index contributed by atoms with van der Waals surface area (Å²) in [6.45, 7) is -0.131. The molecule has 0 bridgehead atoms. The molecule has 4 aromatic heterocycles. The van der Waals surface area contributed by atoms with Crippen LogP contribution < -0.4 is 10.1 Å². The van der Waals surface area contributed by atoms with E-state index < -0.39 is 0 Å². The maximum atomic E-state index is 9.23. The van der Waals surface area contributed by atoms with E-state index in [9.17, 15) is 5.11 Å². The van der Waals surface area contributed by atoms with Gasteiger partial charge in [-0.15, -0.1) is 5.10 Å². The van der Waals surface area contributed by atoms with Gasteiger partial charge in [0.15, 0.2) is 0 Å². The number of aliphatic hydroxyl groups is 1. The minimum absolute atomic E-state index is 0.131. The highest BCUT2D eigenvalue weighted by atomic mass is 16.5. The van der Waals surface area contributed by atoms with Crippen LogP contribution in [-0.2, 0) is 6.61 Å². The Labute approximate surface area is 165 Å².